The Bertz CT molecular complexity index is 505. The van der Waals surface area contributed by atoms with Gasteiger partial charge in [0, 0.05) is 25.7 Å². The summed E-state index contributed by atoms with van der Waals surface area (Å²) in [5.41, 5.74) is 0.927. The topological polar surface area (TPSA) is 41.6 Å². The molecule has 1 N–H and O–H groups in total. The largest absolute Gasteiger partial charge is 0.366 e. The lowest BCUT2D eigenvalue weighted by Gasteiger charge is -2.30. The molecule has 0 aromatic heterocycles. The molecule has 2 fully saturated rings. The van der Waals surface area contributed by atoms with Crippen molar-refractivity contribution in [3.05, 3.63) is 35.6 Å². The second-order valence-corrected chi connectivity index (χ2v) is 5.71. The van der Waals surface area contributed by atoms with Gasteiger partial charge in [0.1, 0.15) is 11.9 Å². The van der Waals surface area contributed by atoms with Crippen LogP contribution in [0.1, 0.15) is 18.4 Å². The van der Waals surface area contributed by atoms with E-state index in [1.54, 1.807) is 6.07 Å². The number of morpholine rings is 1. The van der Waals surface area contributed by atoms with Gasteiger partial charge >= 0.3 is 0 Å². The molecule has 1 aromatic rings. The number of benzene rings is 1. The van der Waals surface area contributed by atoms with Crippen molar-refractivity contribution in [2.45, 2.75) is 31.4 Å². The third kappa shape index (κ3) is 4.41. The molecular formula is C16H22ClFN2O2. The first-order valence-corrected chi connectivity index (χ1v) is 7.61. The Labute approximate surface area is 136 Å². The summed E-state index contributed by atoms with van der Waals surface area (Å²) in [6.45, 7) is 2.60. The van der Waals surface area contributed by atoms with Gasteiger partial charge in [0.2, 0.25) is 0 Å². The van der Waals surface area contributed by atoms with E-state index in [0.717, 1.165) is 24.9 Å². The van der Waals surface area contributed by atoms with Crippen LogP contribution in [0.25, 0.3) is 0 Å². The van der Waals surface area contributed by atoms with Gasteiger partial charge in [0.05, 0.1) is 6.61 Å². The average Bonchev–Trinajstić information content (AvgIpc) is 3.33. The van der Waals surface area contributed by atoms with E-state index in [2.05, 4.69) is 5.32 Å². The van der Waals surface area contributed by atoms with E-state index in [9.17, 15) is 9.18 Å². The molecule has 0 spiro atoms. The molecule has 1 atom stereocenters. The number of amides is 1. The van der Waals surface area contributed by atoms with Crippen LogP contribution in [0.15, 0.2) is 24.3 Å². The molecule has 1 heterocycles. The fourth-order valence-corrected chi connectivity index (χ4v) is 2.71. The van der Waals surface area contributed by atoms with Gasteiger partial charge in [0.15, 0.2) is 0 Å². The number of hydrogen-bond donors (Lipinski definition) is 1. The van der Waals surface area contributed by atoms with Crippen LogP contribution in [0.3, 0.4) is 0 Å². The maximum absolute atomic E-state index is 13.2. The first-order chi connectivity index (χ1) is 10.2. The summed E-state index contributed by atoms with van der Waals surface area (Å²) in [5, 5.41) is 3.19. The minimum Gasteiger partial charge on any atom is -0.366 e. The highest BCUT2D eigenvalue weighted by Crippen LogP contribution is 2.28. The molecule has 6 heteroatoms. The normalized spacial score (nSPS) is 21.0. The summed E-state index contributed by atoms with van der Waals surface area (Å²) in [5.74, 6) is -0.155. The molecule has 22 heavy (non-hydrogen) atoms. The van der Waals surface area contributed by atoms with Crippen molar-refractivity contribution in [3.63, 3.8) is 0 Å². The Morgan fingerprint density at radius 2 is 2.23 bits per heavy atom. The van der Waals surface area contributed by atoms with Gasteiger partial charge in [-0.2, -0.15) is 0 Å². The second kappa shape index (κ2) is 7.90. The predicted octanol–water partition coefficient (Wildman–Crippen LogP) is 1.77. The zero-order valence-electron chi connectivity index (χ0n) is 12.5. The average molecular weight is 329 g/mol. The van der Waals surface area contributed by atoms with Gasteiger partial charge in [-0.3, -0.25) is 4.79 Å². The Morgan fingerprint density at radius 3 is 2.86 bits per heavy atom. The summed E-state index contributed by atoms with van der Waals surface area (Å²) in [7, 11) is 0. The highest BCUT2D eigenvalue weighted by atomic mass is 35.5. The van der Waals surface area contributed by atoms with Crippen molar-refractivity contribution in [1.29, 1.82) is 0 Å². The van der Waals surface area contributed by atoms with Crippen molar-refractivity contribution in [2.75, 3.05) is 26.2 Å². The van der Waals surface area contributed by atoms with Gasteiger partial charge in [-0.05, 0) is 37.0 Å². The molecule has 1 amide bonds. The molecule has 1 saturated heterocycles. The summed E-state index contributed by atoms with van der Waals surface area (Å²) in [6, 6.07) is 6.93. The fourth-order valence-electron chi connectivity index (χ4n) is 2.71. The minimum absolute atomic E-state index is 0. The Balaban J connectivity index is 0.00000176. The Morgan fingerprint density at radius 1 is 1.41 bits per heavy atom. The van der Waals surface area contributed by atoms with Crippen LogP contribution in [0.5, 0.6) is 0 Å². The third-order valence-corrected chi connectivity index (χ3v) is 4.00. The van der Waals surface area contributed by atoms with Crippen molar-refractivity contribution in [2.24, 2.45) is 0 Å². The highest BCUT2D eigenvalue weighted by molar-refractivity contribution is 5.85. The number of carbonyl (C=O) groups excluding carboxylic acids is 1. The molecular weight excluding hydrogens is 307 g/mol. The molecule has 1 aromatic carbocycles. The Hall–Kier alpha value is -1.17. The van der Waals surface area contributed by atoms with Crippen LogP contribution in [0, 0.1) is 5.82 Å². The molecule has 1 unspecified atom stereocenters. The van der Waals surface area contributed by atoms with Crippen molar-refractivity contribution in [3.8, 4) is 0 Å². The van der Waals surface area contributed by atoms with Gasteiger partial charge in [0.25, 0.3) is 5.91 Å². The molecule has 122 valence electrons. The monoisotopic (exact) mass is 328 g/mol. The number of rotatable bonds is 5. The Kier molecular flexibility index (Phi) is 6.17. The van der Waals surface area contributed by atoms with Crippen LogP contribution in [0.2, 0.25) is 0 Å². The minimum atomic E-state index is -0.369. The van der Waals surface area contributed by atoms with Gasteiger partial charge in [-0.15, -0.1) is 12.4 Å². The van der Waals surface area contributed by atoms with Crippen molar-refractivity contribution >= 4 is 18.3 Å². The standard InChI is InChI=1S/C16H21FN2O2.ClH/c17-13-3-1-2-12(10-13)6-8-19(14-4-5-14)16(20)15-11-18-7-9-21-15;/h1-3,10,14-15,18H,4-9,11H2;1H. The highest BCUT2D eigenvalue weighted by Gasteiger charge is 2.36. The van der Waals surface area contributed by atoms with E-state index in [0.29, 0.717) is 32.2 Å². The van der Waals surface area contributed by atoms with E-state index < -0.39 is 0 Å². The van der Waals surface area contributed by atoms with Crippen LogP contribution < -0.4 is 5.32 Å². The first kappa shape index (κ1) is 17.2. The number of nitrogens with zero attached hydrogens (tertiary/aromatic N) is 1. The SMILES string of the molecule is Cl.O=C(C1CNCCO1)N(CCc1cccc(F)c1)C1CC1. The molecule has 0 radical (unpaired) electrons. The van der Waals surface area contributed by atoms with E-state index in [-0.39, 0.29) is 30.2 Å². The van der Waals surface area contributed by atoms with Gasteiger partial charge in [-0.25, -0.2) is 4.39 Å². The number of hydrogen-bond acceptors (Lipinski definition) is 3. The quantitative estimate of drug-likeness (QED) is 0.895. The maximum atomic E-state index is 13.2. The molecule has 1 aliphatic carbocycles. The summed E-state index contributed by atoms with van der Waals surface area (Å²) >= 11 is 0. The summed E-state index contributed by atoms with van der Waals surface area (Å²) in [4.78, 5) is 14.5. The van der Waals surface area contributed by atoms with E-state index in [1.807, 2.05) is 11.0 Å². The van der Waals surface area contributed by atoms with E-state index in [1.165, 1.54) is 12.1 Å². The van der Waals surface area contributed by atoms with Crippen molar-refractivity contribution < 1.29 is 13.9 Å². The summed E-state index contributed by atoms with van der Waals surface area (Å²) in [6.07, 6.45) is 2.44. The fraction of sp³-hybridized carbons (Fsp3) is 0.562. The zero-order valence-corrected chi connectivity index (χ0v) is 13.3. The molecule has 4 nitrogen and oxygen atoms in total. The van der Waals surface area contributed by atoms with Crippen LogP contribution >= 0.6 is 12.4 Å². The van der Waals surface area contributed by atoms with Gasteiger partial charge < -0.3 is 15.0 Å². The number of carbonyl (C=O) groups is 1. The van der Waals surface area contributed by atoms with Crippen LogP contribution in [-0.4, -0.2) is 49.2 Å². The molecule has 3 rings (SSSR count). The third-order valence-electron chi connectivity index (χ3n) is 4.00. The van der Waals surface area contributed by atoms with Crippen LogP contribution in [0.4, 0.5) is 4.39 Å². The second-order valence-electron chi connectivity index (χ2n) is 5.71. The van der Waals surface area contributed by atoms with E-state index >= 15 is 0 Å². The number of ether oxygens (including phenoxy) is 1. The first-order valence-electron chi connectivity index (χ1n) is 7.61. The molecule has 1 saturated carbocycles. The number of halogens is 2. The molecule has 0 bridgehead atoms. The van der Waals surface area contributed by atoms with Crippen molar-refractivity contribution in [1.82, 2.24) is 10.2 Å². The predicted molar refractivity (Wildman–Crippen MR) is 84.7 cm³/mol. The lowest BCUT2D eigenvalue weighted by atomic mass is 10.1. The lowest BCUT2D eigenvalue weighted by molar-refractivity contribution is -0.145. The lowest BCUT2D eigenvalue weighted by Crippen LogP contribution is -2.50. The molecule has 2 aliphatic rings. The summed E-state index contributed by atoms with van der Waals surface area (Å²) < 4.78 is 18.8. The van der Waals surface area contributed by atoms with Crippen LogP contribution in [-0.2, 0) is 16.0 Å². The zero-order chi connectivity index (χ0) is 14.7. The van der Waals surface area contributed by atoms with E-state index in [4.69, 9.17) is 4.74 Å². The van der Waals surface area contributed by atoms with Gasteiger partial charge in [-0.1, -0.05) is 12.1 Å². The number of nitrogens with one attached hydrogen (secondary N) is 1. The molecule has 1 aliphatic heterocycles. The smallest absolute Gasteiger partial charge is 0.253 e. The maximum Gasteiger partial charge on any atom is 0.253 e.